The first-order valence-corrected chi connectivity index (χ1v) is 8.09. The second kappa shape index (κ2) is 7.54. The molecule has 0 fully saturated rings. The van der Waals surface area contributed by atoms with Gasteiger partial charge in [-0.25, -0.2) is 0 Å². The van der Waals surface area contributed by atoms with Gasteiger partial charge in [0.2, 0.25) is 0 Å². The number of nitrogens with zero attached hydrogens (tertiary/aromatic N) is 2. The van der Waals surface area contributed by atoms with E-state index in [1.165, 1.54) is 4.90 Å². The minimum absolute atomic E-state index is 0.0192. The molecule has 0 atom stereocenters. The van der Waals surface area contributed by atoms with Crippen LogP contribution in [0.2, 0.25) is 0 Å². The van der Waals surface area contributed by atoms with Gasteiger partial charge in [0.1, 0.15) is 24.5 Å². The fraction of sp³-hybridized carbons (Fsp3) is 0.200. The summed E-state index contributed by atoms with van der Waals surface area (Å²) in [5, 5.41) is 9.77. The van der Waals surface area contributed by atoms with Crippen molar-refractivity contribution in [3.63, 3.8) is 0 Å². The van der Waals surface area contributed by atoms with Crippen LogP contribution in [0.25, 0.3) is 11.0 Å². The van der Waals surface area contributed by atoms with Crippen LogP contribution >= 0.6 is 0 Å². The zero-order valence-electron chi connectivity index (χ0n) is 13.9. The molecule has 0 aliphatic rings. The molecule has 0 aliphatic carbocycles. The van der Waals surface area contributed by atoms with Gasteiger partial charge in [-0.3, -0.25) is 4.79 Å². The van der Waals surface area contributed by atoms with Gasteiger partial charge in [-0.05, 0) is 25.1 Å². The van der Waals surface area contributed by atoms with Gasteiger partial charge < -0.3 is 14.1 Å². The standard InChI is InChI=1S/C20H18N2O3/c1-2-22(13-12-21)20(23)19-17(14-24-15-8-4-3-5-9-15)16-10-6-7-11-18(16)25-19/h3-11H,2,13-14H2,1H3. The Labute approximate surface area is 146 Å². The fourth-order valence-corrected chi connectivity index (χ4v) is 2.64. The molecule has 0 aliphatic heterocycles. The van der Waals surface area contributed by atoms with Crippen molar-refractivity contribution in [3.05, 3.63) is 65.9 Å². The summed E-state index contributed by atoms with van der Waals surface area (Å²) in [5.74, 6) is 0.650. The third-order valence-electron chi connectivity index (χ3n) is 3.95. The average Bonchev–Trinajstić information content (AvgIpc) is 3.03. The van der Waals surface area contributed by atoms with Crippen molar-refractivity contribution in [3.8, 4) is 11.8 Å². The number of hydrogen-bond acceptors (Lipinski definition) is 4. The molecule has 0 N–H and O–H groups in total. The summed E-state index contributed by atoms with van der Waals surface area (Å²) in [6.07, 6.45) is 0. The number of hydrogen-bond donors (Lipinski definition) is 0. The molecule has 25 heavy (non-hydrogen) atoms. The van der Waals surface area contributed by atoms with E-state index in [-0.39, 0.29) is 24.8 Å². The summed E-state index contributed by atoms with van der Waals surface area (Å²) >= 11 is 0. The van der Waals surface area contributed by atoms with E-state index in [9.17, 15) is 4.79 Å². The van der Waals surface area contributed by atoms with Crippen LogP contribution in [0.1, 0.15) is 23.0 Å². The summed E-state index contributed by atoms with van der Waals surface area (Å²) in [5.41, 5.74) is 1.33. The van der Waals surface area contributed by atoms with Crippen LogP contribution in [0.15, 0.2) is 59.0 Å². The van der Waals surface area contributed by atoms with Gasteiger partial charge in [0.05, 0.1) is 6.07 Å². The number of amides is 1. The van der Waals surface area contributed by atoms with Crippen molar-refractivity contribution < 1.29 is 13.9 Å². The topological polar surface area (TPSA) is 66.5 Å². The Morgan fingerprint density at radius 3 is 2.60 bits per heavy atom. The molecule has 0 radical (unpaired) electrons. The summed E-state index contributed by atoms with van der Waals surface area (Å²) in [6.45, 7) is 2.50. The van der Waals surface area contributed by atoms with Crippen molar-refractivity contribution in [1.82, 2.24) is 4.90 Å². The lowest BCUT2D eigenvalue weighted by Gasteiger charge is -2.16. The maximum absolute atomic E-state index is 12.8. The molecule has 5 heteroatoms. The van der Waals surface area contributed by atoms with Gasteiger partial charge in [-0.2, -0.15) is 5.26 Å². The Bertz CT molecular complexity index is 910. The number of fused-ring (bicyclic) bond motifs is 1. The van der Waals surface area contributed by atoms with Crippen molar-refractivity contribution in [2.45, 2.75) is 13.5 Å². The zero-order chi connectivity index (χ0) is 17.6. The van der Waals surface area contributed by atoms with E-state index in [0.717, 1.165) is 11.1 Å². The van der Waals surface area contributed by atoms with Gasteiger partial charge in [0.15, 0.2) is 5.76 Å². The van der Waals surface area contributed by atoms with Crippen molar-refractivity contribution in [2.75, 3.05) is 13.1 Å². The molecule has 1 aromatic heterocycles. The summed E-state index contributed by atoms with van der Waals surface area (Å²) in [4.78, 5) is 14.2. The number of carbonyl (C=O) groups excluding carboxylic acids is 1. The van der Waals surface area contributed by atoms with Crippen LogP contribution in [-0.4, -0.2) is 23.9 Å². The molecular formula is C20H18N2O3. The molecule has 3 rings (SSSR count). The average molecular weight is 334 g/mol. The summed E-state index contributed by atoms with van der Waals surface area (Å²) in [7, 11) is 0. The minimum Gasteiger partial charge on any atom is -0.489 e. The number of benzene rings is 2. The normalized spacial score (nSPS) is 10.4. The number of furan rings is 1. The molecule has 2 aromatic carbocycles. The zero-order valence-corrected chi connectivity index (χ0v) is 13.9. The Morgan fingerprint density at radius 2 is 1.88 bits per heavy atom. The van der Waals surface area contributed by atoms with E-state index in [4.69, 9.17) is 14.4 Å². The summed E-state index contributed by atoms with van der Waals surface area (Å²) in [6, 6.07) is 18.9. The van der Waals surface area contributed by atoms with Gasteiger partial charge in [-0.1, -0.05) is 36.4 Å². The quantitative estimate of drug-likeness (QED) is 0.639. The predicted octanol–water partition coefficient (Wildman–Crippen LogP) is 4.00. The lowest BCUT2D eigenvalue weighted by Crippen LogP contribution is -2.31. The SMILES string of the molecule is CCN(CC#N)C(=O)c1oc2ccccc2c1COc1ccccc1. The highest BCUT2D eigenvalue weighted by Gasteiger charge is 2.24. The lowest BCUT2D eigenvalue weighted by molar-refractivity contribution is 0.0751. The second-order valence-corrected chi connectivity index (χ2v) is 5.49. The minimum atomic E-state index is -0.299. The molecule has 1 heterocycles. The van der Waals surface area contributed by atoms with E-state index in [1.54, 1.807) is 0 Å². The van der Waals surface area contributed by atoms with E-state index in [2.05, 4.69) is 0 Å². The molecular weight excluding hydrogens is 316 g/mol. The highest BCUT2D eigenvalue weighted by Crippen LogP contribution is 2.28. The largest absolute Gasteiger partial charge is 0.489 e. The van der Waals surface area contributed by atoms with Crippen molar-refractivity contribution >= 4 is 16.9 Å². The number of carbonyl (C=O) groups is 1. The first-order chi connectivity index (χ1) is 12.2. The van der Waals surface area contributed by atoms with Crippen LogP contribution in [0, 0.1) is 11.3 Å². The molecule has 0 unspecified atom stereocenters. The van der Waals surface area contributed by atoms with Crippen LogP contribution in [0.5, 0.6) is 5.75 Å². The lowest BCUT2D eigenvalue weighted by atomic mass is 10.1. The Balaban J connectivity index is 1.97. The van der Waals surface area contributed by atoms with E-state index >= 15 is 0 Å². The van der Waals surface area contributed by atoms with Crippen LogP contribution in [0.4, 0.5) is 0 Å². The predicted molar refractivity (Wildman–Crippen MR) is 94.2 cm³/mol. The van der Waals surface area contributed by atoms with Gasteiger partial charge >= 0.3 is 0 Å². The third kappa shape index (κ3) is 3.48. The monoisotopic (exact) mass is 334 g/mol. The fourth-order valence-electron chi connectivity index (χ4n) is 2.64. The van der Waals surface area contributed by atoms with Crippen LogP contribution in [0.3, 0.4) is 0 Å². The highest BCUT2D eigenvalue weighted by atomic mass is 16.5. The molecule has 0 saturated heterocycles. The maximum Gasteiger partial charge on any atom is 0.290 e. The number of para-hydroxylation sites is 2. The molecule has 1 amide bonds. The van der Waals surface area contributed by atoms with Gasteiger partial charge in [0, 0.05) is 17.5 Å². The first-order valence-electron chi connectivity index (χ1n) is 8.09. The highest BCUT2D eigenvalue weighted by molar-refractivity contribution is 5.99. The Hall–Kier alpha value is -3.26. The van der Waals surface area contributed by atoms with Gasteiger partial charge in [-0.15, -0.1) is 0 Å². The van der Waals surface area contributed by atoms with E-state index < -0.39 is 0 Å². The van der Waals surface area contributed by atoms with Crippen LogP contribution < -0.4 is 4.74 Å². The first kappa shape index (κ1) is 16.6. The molecule has 0 bridgehead atoms. The Kier molecular flexibility index (Phi) is 5.00. The molecule has 0 spiro atoms. The molecule has 0 saturated carbocycles. The third-order valence-corrected chi connectivity index (χ3v) is 3.95. The van der Waals surface area contributed by atoms with Crippen molar-refractivity contribution in [2.24, 2.45) is 0 Å². The molecule has 126 valence electrons. The van der Waals surface area contributed by atoms with E-state index in [0.29, 0.717) is 17.7 Å². The molecule has 3 aromatic rings. The maximum atomic E-state index is 12.8. The molecule has 5 nitrogen and oxygen atoms in total. The number of rotatable bonds is 6. The Morgan fingerprint density at radius 1 is 1.16 bits per heavy atom. The second-order valence-electron chi connectivity index (χ2n) is 5.49. The number of nitriles is 1. The summed E-state index contributed by atoms with van der Waals surface area (Å²) < 4.78 is 11.6. The van der Waals surface area contributed by atoms with Crippen molar-refractivity contribution in [1.29, 1.82) is 5.26 Å². The number of ether oxygens (including phenoxy) is 1. The smallest absolute Gasteiger partial charge is 0.290 e. The van der Waals surface area contributed by atoms with Crippen LogP contribution in [-0.2, 0) is 6.61 Å². The van der Waals surface area contributed by atoms with E-state index in [1.807, 2.05) is 67.6 Å². The van der Waals surface area contributed by atoms with Gasteiger partial charge in [0.25, 0.3) is 5.91 Å².